The Morgan fingerprint density at radius 1 is 1.21 bits per heavy atom. The quantitative estimate of drug-likeness (QED) is 0.745. The monoisotopic (exact) mass is 208 g/mol. The second kappa shape index (κ2) is 5.11. The molecule has 0 aliphatic rings. The van der Waals surface area contributed by atoms with Gasteiger partial charge in [0.1, 0.15) is 0 Å². The summed E-state index contributed by atoms with van der Waals surface area (Å²) < 4.78 is 11.8. The Balaban J connectivity index is 3.16. The number of hydrogen-bond donors (Lipinski definition) is 0. The van der Waals surface area contributed by atoms with Crippen molar-refractivity contribution < 1.29 is 4.21 Å². The fourth-order valence-corrected chi connectivity index (χ4v) is 2.52. The smallest absolute Gasteiger partial charge is 0.0532 e. The van der Waals surface area contributed by atoms with Crippen molar-refractivity contribution in [2.75, 3.05) is 5.75 Å². The lowest BCUT2D eigenvalue weighted by molar-refractivity contribution is 0.689. The van der Waals surface area contributed by atoms with Crippen LogP contribution in [0.25, 0.3) is 4.91 Å². The average molecular weight is 208 g/mol. The highest BCUT2D eigenvalue weighted by atomic mass is 32.2. The minimum atomic E-state index is -0.866. The van der Waals surface area contributed by atoms with E-state index in [9.17, 15) is 4.21 Å². The van der Waals surface area contributed by atoms with Crippen molar-refractivity contribution in [3.05, 3.63) is 41.5 Å². The molecule has 0 saturated heterocycles. The molecule has 1 atom stereocenters. The highest BCUT2D eigenvalue weighted by molar-refractivity contribution is 7.94. The maximum atomic E-state index is 11.8. The second-order valence-corrected chi connectivity index (χ2v) is 5.01. The van der Waals surface area contributed by atoms with Crippen molar-refractivity contribution in [2.45, 2.75) is 20.8 Å². The zero-order valence-electron chi connectivity index (χ0n) is 8.91. The molecule has 0 heterocycles. The molecule has 1 aromatic rings. The Morgan fingerprint density at radius 3 is 2.21 bits per heavy atom. The first kappa shape index (κ1) is 11.2. The van der Waals surface area contributed by atoms with Gasteiger partial charge in [-0.25, -0.2) is 0 Å². The summed E-state index contributed by atoms with van der Waals surface area (Å²) in [5.74, 6) is 0.676. The first-order valence-corrected chi connectivity index (χ1v) is 6.10. The fraction of sp³-hybridized carbons (Fsp3) is 0.333. The molecule has 0 bridgehead atoms. The molecular formula is C12H16OS. The summed E-state index contributed by atoms with van der Waals surface area (Å²) in [5.41, 5.74) is 2.21. The van der Waals surface area contributed by atoms with Crippen LogP contribution in [0.5, 0.6) is 0 Å². The van der Waals surface area contributed by atoms with Crippen molar-refractivity contribution in [3.63, 3.8) is 0 Å². The molecule has 0 aliphatic heterocycles. The topological polar surface area (TPSA) is 17.1 Å². The summed E-state index contributed by atoms with van der Waals surface area (Å²) in [6.45, 7) is 5.97. The number of benzene rings is 1. The Hall–Kier alpha value is -0.890. The van der Waals surface area contributed by atoms with Crippen molar-refractivity contribution in [1.82, 2.24) is 0 Å². The fourth-order valence-electron chi connectivity index (χ4n) is 1.38. The SMILES string of the molecule is CCS(=O)C(=C(C)C)c1ccccc1. The predicted octanol–water partition coefficient (Wildman–Crippen LogP) is 3.21. The van der Waals surface area contributed by atoms with Crippen molar-refractivity contribution in [3.8, 4) is 0 Å². The van der Waals surface area contributed by atoms with Gasteiger partial charge in [0.2, 0.25) is 0 Å². The van der Waals surface area contributed by atoms with E-state index in [1.165, 1.54) is 0 Å². The van der Waals surface area contributed by atoms with Gasteiger partial charge in [0, 0.05) is 10.7 Å². The summed E-state index contributed by atoms with van der Waals surface area (Å²) in [4.78, 5) is 0.980. The molecule has 0 fully saturated rings. The lowest BCUT2D eigenvalue weighted by Gasteiger charge is -2.08. The van der Waals surface area contributed by atoms with E-state index in [1.54, 1.807) is 0 Å². The van der Waals surface area contributed by atoms with Gasteiger partial charge in [-0.3, -0.25) is 4.21 Å². The van der Waals surface area contributed by atoms with Gasteiger partial charge in [-0.15, -0.1) is 0 Å². The Morgan fingerprint density at radius 2 is 1.79 bits per heavy atom. The van der Waals surface area contributed by atoms with Gasteiger partial charge in [-0.1, -0.05) is 42.8 Å². The minimum Gasteiger partial charge on any atom is -0.254 e. The van der Waals surface area contributed by atoms with Crippen LogP contribution in [-0.2, 0) is 10.8 Å². The lowest BCUT2D eigenvalue weighted by Crippen LogP contribution is -1.98. The van der Waals surface area contributed by atoms with Crippen molar-refractivity contribution in [2.24, 2.45) is 0 Å². The average Bonchev–Trinajstić information content (AvgIpc) is 2.19. The Kier molecular flexibility index (Phi) is 4.08. The van der Waals surface area contributed by atoms with E-state index >= 15 is 0 Å². The molecule has 0 saturated carbocycles. The van der Waals surface area contributed by atoms with Crippen LogP contribution in [0.3, 0.4) is 0 Å². The lowest BCUT2D eigenvalue weighted by atomic mass is 10.1. The minimum absolute atomic E-state index is 0.676. The van der Waals surface area contributed by atoms with Gasteiger partial charge in [0.25, 0.3) is 0 Å². The molecular weight excluding hydrogens is 192 g/mol. The van der Waals surface area contributed by atoms with Crippen LogP contribution in [0.15, 0.2) is 35.9 Å². The molecule has 0 aliphatic carbocycles. The van der Waals surface area contributed by atoms with E-state index in [4.69, 9.17) is 0 Å². The predicted molar refractivity (Wildman–Crippen MR) is 63.4 cm³/mol. The summed E-state index contributed by atoms with van der Waals surface area (Å²) in [7, 11) is -0.866. The first-order valence-electron chi connectivity index (χ1n) is 4.78. The molecule has 0 radical (unpaired) electrons. The number of rotatable bonds is 3. The van der Waals surface area contributed by atoms with Gasteiger partial charge >= 0.3 is 0 Å². The third-order valence-corrected chi connectivity index (χ3v) is 3.60. The largest absolute Gasteiger partial charge is 0.254 e. The molecule has 1 rings (SSSR count). The van der Waals surface area contributed by atoms with Gasteiger partial charge in [-0.05, 0) is 19.4 Å². The first-order chi connectivity index (χ1) is 6.66. The maximum absolute atomic E-state index is 11.8. The summed E-state index contributed by atoms with van der Waals surface area (Å²) in [6, 6.07) is 9.95. The molecule has 2 heteroatoms. The van der Waals surface area contributed by atoms with E-state index in [0.29, 0.717) is 5.75 Å². The van der Waals surface area contributed by atoms with Crippen molar-refractivity contribution >= 4 is 15.7 Å². The van der Waals surface area contributed by atoms with Gasteiger partial charge in [0.05, 0.1) is 10.8 Å². The van der Waals surface area contributed by atoms with E-state index in [-0.39, 0.29) is 0 Å². The zero-order chi connectivity index (χ0) is 10.6. The standard InChI is InChI=1S/C12H16OS/c1-4-14(13)12(10(2)3)11-8-6-5-7-9-11/h5-9H,4H2,1-3H3. The normalized spacial score (nSPS) is 12.2. The van der Waals surface area contributed by atoms with Crippen LogP contribution in [0.2, 0.25) is 0 Å². The molecule has 0 N–H and O–H groups in total. The van der Waals surface area contributed by atoms with Crippen molar-refractivity contribution in [1.29, 1.82) is 0 Å². The summed E-state index contributed by atoms with van der Waals surface area (Å²) in [6.07, 6.45) is 0. The molecule has 0 aromatic heterocycles. The van der Waals surface area contributed by atoms with Crippen LogP contribution in [0, 0.1) is 0 Å². The van der Waals surface area contributed by atoms with E-state index in [2.05, 4.69) is 0 Å². The van der Waals surface area contributed by atoms with Gasteiger partial charge < -0.3 is 0 Å². The highest BCUT2D eigenvalue weighted by Crippen LogP contribution is 2.22. The molecule has 1 nitrogen and oxygen atoms in total. The number of hydrogen-bond acceptors (Lipinski definition) is 1. The van der Waals surface area contributed by atoms with Crippen LogP contribution < -0.4 is 0 Å². The summed E-state index contributed by atoms with van der Waals surface area (Å²) in [5, 5.41) is 0. The second-order valence-electron chi connectivity index (χ2n) is 3.33. The Labute approximate surface area is 88.3 Å². The summed E-state index contributed by atoms with van der Waals surface area (Å²) >= 11 is 0. The Bertz CT molecular complexity index is 348. The molecule has 76 valence electrons. The molecule has 0 spiro atoms. The third-order valence-electron chi connectivity index (χ3n) is 1.98. The van der Waals surface area contributed by atoms with Crippen LogP contribution in [-0.4, -0.2) is 9.96 Å². The van der Waals surface area contributed by atoms with E-state index in [0.717, 1.165) is 16.0 Å². The molecule has 0 amide bonds. The third kappa shape index (κ3) is 2.55. The molecule has 14 heavy (non-hydrogen) atoms. The van der Waals surface area contributed by atoms with Gasteiger partial charge in [-0.2, -0.15) is 0 Å². The number of allylic oxidation sites excluding steroid dienone is 1. The highest BCUT2D eigenvalue weighted by Gasteiger charge is 2.09. The van der Waals surface area contributed by atoms with E-state index in [1.807, 2.05) is 51.1 Å². The van der Waals surface area contributed by atoms with Crippen LogP contribution >= 0.6 is 0 Å². The zero-order valence-corrected chi connectivity index (χ0v) is 9.73. The van der Waals surface area contributed by atoms with E-state index < -0.39 is 10.8 Å². The molecule has 1 aromatic carbocycles. The maximum Gasteiger partial charge on any atom is 0.0532 e. The van der Waals surface area contributed by atoms with Gasteiger partial charge in [0.15, 0.2) is 0 Å². The van der Waals surface area contributed by atoms with Crippen LogP contribution in [0.4, 0.5) is 0 Å². The van der Waals surface area contributed by atoms with Crippen LogP contribution in [0.1, 0.15) is 26.3 Å². The molecule has 1 unspecified atom stereocenters.